The van der Waals surface area contributed by atoms with Crippen molar-refractivity contribution in [3.63, 3.8) is 0 Å². The maximum atomic E-state index is 11.4. The summed E-state index contributed by atoms with van der Waals surface area (Å²) >= 11 is 1.56. The van der Waals surface area contributed by atoms with Crippen molar-refractivity contribution in [2.75, 3.05) is 31.3 Å². The average molecular weight is 228 g/mol. The third-order valence-electron chi connectivity index (χ3n) is 2.53. The van der Waals surface area contributed by atoms with E-state index in [-0.39, 0.29) is 16.1 Å². The Kier molecular flexibility index (Phi) is 3.93. The van der Waals surface area contributed by atoms with Crippen molar-refractivity contribution < 1.29 is 0 Å². The molecule has 0 fully saturated rings. The van der Waals surface area contributed by atoms with E-state index in [1.807, 2.05) is 13.2 Å². The van der Waals surface area contributed by atoms with Gasteiger partial charge < -0.3 is 10.6 Å². The van der Waals surface area contributed by atoms with Gasteiger partial charge in [0.15, 0.2) is 0 Å². The normalized spacial score (nSPS) is 13.1. The second-order valence-corrected chi connectivity index (χ2v) is 4.69. The van der Waals surface area contributed by atoms with Gasteiger partial charge in [0, 0.05) is 31.0 Å². The molecule has 15 heavy (non-hydrogen) atoms. The van der Waals surface area contributed by atoms with Gasteiger partial charge in [-0.05, 0) is 13.2 Å². The van der Waals surface area contributed by atoms with Crippen LogP contribution in [0.25, 0.3) is 0 Å². The smallest absolute Gasteiger partial charge is 0.249 e. The fraction of sp³-hybridized carbons (Fsp3) is 0.600. The first-order valence-corrected chi connectivity index (χ1v) is 6.10. The lowest BCUT2D eigenvalue weighted by Gasteiger charge is -2.24. The van der Waals surface area contributed by atoms with Gasteiger partial charge in [-0.15, -0.1) is 0 Å². The van der Waals surface area contributed by atoms with E-state index in [1.54, 1.807) is 23.7 Å². The summed E-state index contributed by atoms with van der Waals surface area (Å²) in [5, 5.41) is 0.0745. The molecule has 2 N–H and O–H groups in total. The van der Waals surface area contributed by atoms with Gasteiger partial charge in [-0.1, -0.05) is 0 Å². The predicted octanol–water partition coefficient (Wildman–Crippen LogP) is 0.102. The van der Waals surface area contributed by atoms with Crippen molar-refractivity contribution in [3.05, 3.63) is 26.0 Å². The summed E-state index contributed by atoms with van der Waals surface area (Å²) in [6, 6.07) is 0. The predicted molar refractivity (Wildman–Crippen MR) is 65.6 cm³/mol. The average Bonchev–Trinajstić information content (AvgIpc) is 2.23. The number of rotatable bonds is 5. The van der Waals surface area contributed by atoms with Gasteiger partial charge >= 0.3 is 0 Å². The molecule has 0 spiro atoms. The summed E-state index contributed by atoms with van der Waals surface area (Å²) < 4.78 is 0. The van der Waals surface area contributed by atoms with Crippen LogP contribution in [0.3, 0.4) is 0 Å². The van der Waals surface area contributed by atoms with Gasteiger partial charge in [-0.3, -0.25) is 9.59 Å². The van der Waals surface area contributed by atoms with E-state index in [9.17, 15) is 9.59 Å². The zero-order valence-corrected chi connectivity index (χ0v) is 10.1. The molecule has 0 aliphatic carbocycles. The van der Waals surface area contributed by atoms with Crippen molar-refractivity contribution in [1.82, 2.24) is 0 Å². The largest absolute Gasteiger partial charge is 0.370 e. The summed E-state index contributed by atoms with van der Waals surface area (Å²) in [6.45, 7) is 3.00. The lowest BCUT2D eigenvalue weighted by atomic mass is 10.0. The Balaban J connectivity index is 3.04. The summed E-state index contributed by atoms with van der Waals surface area (Å²) in [4.78, 5) is 24.6. The third kappa shape index (κ3) is 2.08. The Morgan fingerprint density at radius 1 is 1.40 bits per heavy atom. The highest BCUT2D eigenvalue weighted by Crippen LogP contribution is 2.29. The van der Waals surface area contributed by atoms with Crippen molar-refractivity contribution in [2.45, 2.75) is 12.2 Å². The van der Waals surface area contributed by atoms with Crippen LogP contribution in [0.1, 0.15) is 17.7 Å². The molecule has 0 aliphatic rings. The summed E-state index contributed by atoms with van der Waals surface area (Å²) in [5.41, 5.74) is 5.89. The number of hydrogen-bond acceptors (Lipinski definition) is 5. The number of likely N-dealkylation sites (N-methyl/N-ethyl adjacent to an activating group) is 1. The SMILES string of the molecule is CSC(C)c1c(N(C)CCN)c(=O)c1=O. The van der Waals surface area contributed by atoms with Crippen molar-refractivity contribution in [3.8, 4) is 0 Å². The van der Waals surface area contributed by atoms with E-state index >= 15 is 0 Å². The molecule has 84 valence electrons. The molecule has 4 nitrogen and oxygen atoms in total. The Morgan fingerprint density at radius 3 is 2.47 bits per heavy atom. The van der Waals surface area contributed by atoms with Crippen molar-refractivity contribution >= 4 is 17.4 Å². The maximum absolute atomic E-state index is 11.4. The first-order chi connectivity index (χ1) is 7.04. The molecule has 0 heterocycles. The first kappa shape index (κ1) is 12.3. The maximum Gasteiger partial charge on any atom is 0.249 e. The molecule has 1 aromatic carbocycles. The summed E-state index contributed by atoms with van der Waals surface area (Å²) in [5.74, 6) is 0. The Labute approximate surface area is 93.1 Å². The fourth-order valence-electron chi connectivity index (χ4n) is 1.58. The molecule has 0 amide bonds. The van der Waals surface area contributed by atoms with Gasteiger partial charge in [-0.2, -0.15) is 11.8 Å². The van der Waals surface area contributed by atoms with E-state index < -0.39 is 0 Å². The number of nitrogens with two attached hydrogens (primary N) is 1. The molecule has 0 aromatic heterocycles. The second-order valence-electron chi connectivity index (χ2n) is 3.51. The molecule has 0 bridgehead atoms. The van der Waals surface area contributed by atoms with Crippen molar-refractivity contribution in [2.24, 2.45) is 5.73 Å². The lowest BCUT2D eigenvalue weighted by Crippen LogP contribution is -2.44. The van der Waals surface area contributed by atoms with Gasteiger partial charge in [0.25, 0.3) is 0 Å². The number of anilines is 1. The fourth-order valence-corrected chi connectivity index (χ4v) is 2.03. The second kappa shape index (κ2) is 4.81. The zero-order valence-electron chi connectivity index (χ0n) is 9.24. The van der Waals surface area contributed by atoms with Crippen LogP contribution >= 0.6 is 11.8 Å². The van der Waals surface area contributed by atoms with E-state index in [2.05, 4.69) is 0 Å². The third-order valence-corrected chi connectivity index (χ3v) is 3.47. The van der Waals surface area contributed by atoms with Gasteiger partial charge in [0.05, 0.1) is 5.69 Å². The molecule has 0 saturated carbocycles. The summed E-state index contributed by atoms with van der Waals surface area (Å²) in [6.07, 6.45) is 1.92. The zero-order chi connectivity index (χ0) is 11.6. The highest BCUT2D eigenvalue weighted by atomic mass is 32.2. The van der Waals surface area contributed by atoms with Crippen LogP contribution in [0.4, 0.5) is 5.69 Å². The minimum Gasteiger partial charge on any atom is -0.370 e. The van der Waals surface area contributed by atoms with Gasteiger partial charge in [-0.25, -0.2) is 0 Å². The van der Waals surface area contributed by atoms with Gasteiger partial charge in [0.2, 0.25) is 10.9 Å². The highest BCUT2D eigenvalue weighted by molar-refractivity contribution is 7.98. The van der Waals surface area contributed by atoms with Crippen LogP contribution in [0.15, 0.2) is 9.59 Å². The summed E-state index contributed by atoms with van der Waals surface area (Å²) in [7, 11) is 1.79. The Bertz CT molecular complexity index is 409. The topological polar surface area (TPSA) is 63.4 Å². The monoisotopic (exact) mass is 228 g/mol. The first-order valence-electron chi connectivity index (χ1n) is 4.81. The molecular formula is C10H16N2O2S. The van der Waals surface area contributed by atoms with Crippen molar-refractivity contribution in [1.29, 1.82) is 0 Å². The Morgan fingerprint density at radius 2 is 2.00 bits per heavy atom. The Hall–Kier alpha value is -0.810. The van der Waals surface area contributed by atoms with Crippen LogP contribution in [-0.4, -0.2) is 26.4 Å². The van der Waals surface area contributed by atoms with Crippen LogP contribution in [0.2, 0.25) is 0 Å². The van der Waals surface area contributed by atoms with Crippen LogP contribution < -0.4 is 21.5 Å². The molecule has 1 unspecified atom stereocenters. The highest BCUT2D eigenvalue weighted by Gasteiger charge is 2.26. The molecule has 1 atom stereocenters. The minimum absolute atomic E-state index is 0.0745. The van der Waals surface area contributed by atoms with Crippen LogP contribution in [0, 0.1) is 0 Å². The minimum atomic E-state index is -0.373. The molecular weight excluding hydrogens is 212 g/mol. The van der Waals surface area contributed by atoms with E-state index in [1.165, 1.54) is 0 Å². The molecule has 0 aliphatic heterocycles. The lowest BCUT2D eigenvalue weighted by molar-refractivity contribution is 0.857. The van der Waals surface area contributed by atoms with E-state index in [0.717, 1.165) is 0 Å². The quantitative estimate of drug-likeness (QED) is 0.724. The van der Waals surface area contributed by atoms with E-state index in [4.69, 9.17) is 5.73 Å². The molecule has 5 heteroatoms. The van der Waals surface area contributed by atoms with Crippen LogP contribution in [-0.2, 0) is 0 Å². The molecule has 0 radical (unpaired) electrons. The molecule has 0 saturated heterocycles. The molecule has 1 rings (SSSR count). The standard InChI is InChI=1S/C10H16N2O2S/c1-6(15-3)7-8(10(14)9(7)13)12(2)5-4-11/h6H,4-5,11H2,1-3H3. The van der Waals surface area contributed by atoms with Crippen LogP contribution in [0.5, 0.6) is 0 Å². The number of thioether (sulfide) groups is 1. The number of hydrogen-bond donors (Lipinski definition) is 1. The molecule has 1 aromatic rings. The number of nitrogens with zero attached hydrogens (tertiary/aromatic N) is 1. The van der Waals surface area contributed by atoms with Gasteiger partial charge in [0.1, 0.15) is 0 Å². The van der Waals surface area contributed by atoms with E-state index in [0.29, 0.717) is 24.3 Å².